The number of rotatable bonds is 9. The van der Waals surface area contributed by atoms with Gasteiger partial charge in [0, 0.05) is 19.5 Å². The molecule has 0 unspecified atom stereocenters. The summed E-state index contributed by atoms with van der Waals surface area (Å²) in [4.78, 5) is 11.6. The van der Waals surface area contributed by atoms with E-state index in [9.17, 15) is 26.4 Å². The highest BCUT2D eigenvalue weighted by Gasteiger charge is 2.32. The van der Waals surface area contributed by atoms with E-state index in [0.717, 1.165) is 37.1 Å². The number of alkyl halides is 3. The quantitative estimate of drug-likeness (QED) is 0.608. The summed E-state index contributed by atoms with van der Waals surface area (Å²) in [7, 11) is -3.82. The topological polar surface area (TPSA) is 72.9 Å². The lowest BCUT2D eigenvalue weighted by Gasteiger charge is -2.31. The van der Waals surface area contributed by atoms with Crippen molar-refractivity contribution in [2.75, 3.05) is 19.7 Å². The Kier molecular flexibility index (Phi) is 7.85. The first-order chi connectivity index (χ1) is 13.1. The summed E-state index contributed by atoms with van der Waals surface area (Å²) in [6.45, 7) is 2.48. The summed E-state index contributed by atoms with van der Waals surface area (Å²) in [6.07, 6.45) is -1.86. The van der Waals surface area contributed by atoms with E-state index in [-0.39, 0.29) is 36.5 Å². The SMILES string of the molecule is CCCCC(=O)COC1CCN(S(=O)(=O)c2ccc(OC(F)(F)F)cc2)CC1. The second-order valence-electron chi connectivity index (χ2n) is 6.58. The number of halogens is 3. The standard InChI is InChI=1S/C18H24F3NO5S/c1-2-3-4-14(23)13-26-15-9-11-22(12-10-15)28(24,25)17-7-5-16(6-8-17)27-18(19,20)21/h5-8,15H,2-4,9-13H2,1H3. The van der Waals surface area contributed by atoms with Crippen LogP contribution in [0.15, 0.2) is 29.2 Å². The first-order valence-electron chi connectivity index (χ1n) is 9.11. The van der Waals surface area contributed by atoms with Crippen LogP contribution in [0.3, 0.4) is 0 Å². The number of benzene rings is 1. The minimum absolute atomic E-state index is 0.0398. The van der Waals surface area contributed by atoms with Crippen LogP contribution in [0.1, 0.15) is 39.0 Å². The Bertz CT molecular complexity index is 741. The number of ether oxygens (including phenoxy) is 2. The Morgan fingerprint density at radius 1 is 1.18 bits per heavy atom. The number of piperidine rings is 1. The van der Waals surface area contributed by atoms with Gasteiger partial charge in [-0.3, -0.25) is 4.79 Å². The molecule has 2 rings (SSSR count). The average molecular weight is 423 g/mol. The molecular formula is C18H24F3NO5S. The minimum atomic E-state index is -4.83. The highest BCUT2D eigenvalue weighted by Crippen LogP contribution is 2.26. The molecule has 0 radical (unpaired) electrons. The lowest BCUT2D eigenvalue weighted by Crippen LogP contribution is -2.41. The minimum Gasteiger partial charge on any atom is -0.406 e. The van der Waals surface area contributed by atoms with E-state index >= 15 is 0 Å². The van der Waals surface area contributed by atoms with Crippen LogP contribution in [-0.4, -0.2) is 50.7 Å². The Morgan fingerprint density at radius 3 is 2.32 bits per heavy atom. The largest absolute Gasteiger partial charge is 0.573 e. The molecule has 0 N–H and O–H groups in total. The van der Waals surface area contributed by atoms with Crippen molar-refractivity contribution in [3.05, 3.63) is 24.3 Å². The molecule has 0 saturated carbocycles. The number of hydrogen-bond donors (Lipinski definition) is 0. The molecule has 1 fully saturated rings. The van der Waals surface area contributed by atoms with Crippen molar-refractivity contribution in [3.8, 4) is 5.75 Å². The summed E-state index contributed by atoms with van der Waals surface area (Å²) < 4.78 is 72.5. The van der Waals surface area contributed by atoms with Crippen molar-refractivity contribution >= 4 is 15.8 Å². The molecule has 0 amide bonds. The zero-order valence-corrected chi connectivity index (χ0v) is 16.4. The fourth-order valence-electron chi connectivity index (χ4n) is 2.86. The molecule has 1 aliphatic heterocycles. The molecule has 1 heterocycles. The van der Waals surface area contributed by atoms with E-state index in [2.05, 4.69) is 4.74 Å². The second-order valence-corrected chi connectivity index (χ2v) is 8.51. The molecule has 0 aliphatic carbocycles. The van der Waals surface area contributed by atoms with Gasteiger partial charge in [0.25, 0.3) is 0 Å². The van der Waals surface area contributed by atoms with Crippen LogP contribution in [0.2, 0.25) is 0 Å². The van der Waals surface area contributed by atoms with Crippen molar-refractivity contribution in [3.63, 3.8) is 0 Å². The van der Waals surface area contributed by atoms with E-state index in [1.807, 2.05) is 6.92 Å². The number of unbranched alkanes of at least 4 members (excludes halogenated alkanes) is 1. The molecule has 6 nitrogen and oxygen atoms in total. The number of hydrogen-bond acceptors (Lipinski definition) is 5. The zero-order chi connectivity index (χ0) is 20.8. The lowest BCUT2D eigenvalue weighted by molar-refractivity contribution is -0.274. The van der Waals surface area contributed by atoms with Gasteiger partial charge < -0.3 is 9.47 Å². The molecule has 1 aromatic rings. The smallest absolute Gasteiger partial charge is 0.406 e. The maximum absolute atomic E-state index is 12.6. The van der Waals surface area contributed by atoms with Gasteiger partial charge in [-0.25, -0.2) is 8.42 Å². The maximum Gasteiger partial charge on any atom is 0.573 e. The van der Waals surface area contributed by atoms with Crippen molar-refractivity contribution in [2.45, 2.75) is 56.4 Å². The molecule has 0 spiro atoms. The van der Waals surface area contributed by atoms with Crippen molar-refractivity contribution in [1.29, 1.82) is 0 Å². The van der Waals surface area contributed by atoms with Crippen molar-refractivity contribution in [1.82, 2.24) is 4.31 Å². The monoisotopic (exact) mass is 423 g/mol. The number of ketones is 1. The Morgan fingerprint density at radius 2 is 1.79 bits per heavy atom. The normalized spacial score (nSPS) is 16.9. The van der Waals surface area contributed by atoms with E-state index in [0.29, 0.717) is 19.3 Å². The van der Waals surface area contributed by atoms with Crippen molar-refractivity contribution in [2.24, 2.45) is 0 Å². The van der Waals surface area contributed by atoms with Gasteiger partial charge in [-0.15, -0.1) is 13.2 Å². The first-order valence-corrected chi connectivity index (χ1v) is 10.5. The summed E-state index contributed by atoms with van der Waals surface area (Å²) in [5, 5.41) is 0. The van der Waals surface area contributed by atoms with Gasteiger partial charge in [0.1, 0.15) is 12.4 Å². The van der Waals surface area contributed by atoms with Gasteiger partial charge >= 0.3 is 6.36 Å². The van der Waals surface area contributed by atoms with Gasteiger partial charge in [-0.1, -0.05) is 13.3 Å². The third-order valence-electron chi connectivity index (χ3n) is 4.39. The summed E-state index contributed by atoms with van der Waals surface area (Å²) in [5.74, 6) is -0.440. The van der Waals surface area contributed by atoms with Gasteiger partial charge in [-0.05, 0) is 43.5 Å². The van der Waals surface area contributed by atoms with E-state index < -0.39 is 22.1 Å². The molecule has 1 aliphatic rings. The van der Waals surface area contributed by atoms with Gasteiger partial charge in [0.05, 0.1) is 11.0 Å². The van der Waals surface area contributed by atoms with Crippen LogP contribution in [0.25, 0.3) is 0 Å². The van der Waals surface area contributed by atoms with Crippen LogP contribution in [0.5, 0.6) is 5.75 Å². The first kappa shape index (κ1) is 22.6. The molecule has 158 valence electrons. The predicted molar refractivity (Wildman–Crippen MR) is 95.4 cm³/mol. The van der Waals surface area contributed by atoms with Crippen LogP contribution < -0.4 is 4.74 Å². The molecule has 0 atom stereocenters. The number of carbonyl (C=O) groups is 1. The Labute approximate surface area is 162 Å². The van der Waals surface area contributed by atoms with Gasteiger partial charge in [-0.2, -0.15) is 4.31 Å². The fraction of sp³-hybridized carbons (Fsp3) is 0.611. The maximum atomic E-state index is 12.6. The summed E-state index contributed by atoms with van der Waals surface area (Å²) >= 11 is 0. The summed E-state index contributed by atoms with van der Waals surface area (Å²) in [6, 6.07) is 4.12. The highest BCUT2D eigenvalue weighted by molar-refractivity contribution is 7.89. The molecule has 10 heteroatoms. The third kappa shape index (κ3) is 6.75. The second kappa shape index (κ2) is 9.71. The van der Waals surface area contributed by atoms with Crippen LogP contribution in [-0.2, 0) is 19.6 Å². The highest BCUT2D eigenvalue weighted by atomic mass is 32.2. The van der Waals surface area contributed by atoms with Crippen LogP contribution >= 0.6 is 0 Å². The molecule has 28 heavy (non-hydrogen) atoms. The lowest BCUT2D eigenvalue weighted by atomic mass is 10.1. The number of carbonyl (C=O) groups excluding carboxylic acids is 1. The molecule has 1 aromatic carbocycles. The van der Waals surface area contributed by atoms with E-state index in [1.54, 1.807) is 0 Å². The van der Waals surface area contributed by atoms with Crippen LogP contribution in [0.4, 0.5) is 13.2 Å². The van der Waals surface area contributed by atoms with E-state index in [1.165, 1.54) is 4.31 Å². The average Bonchev–Trinajstić information content (AvgIpc) is 2.64. The molecule has 0 aromatic heterocycles. The van der Waals surface area contributed by atoms with Gasteiger partial charge in [0.2, 0.25) is 10.0 Å². The molecule has 0 bridgehead atoms. The fourth-order valence-corrected chi connectivity index (χ4v) is 4.33. The third-order valence-corrected chi connectivity index (χ3v) is 6.30. The Balaban J connectivity index is 1.88. The zero-order valence-electron chi connectivity index (χ0n) is 15.6. The number of sulfonamides is 1. The number of nitrogens with zero attached hydrogens (tertiary/aromatic N) is 1. The Hall–Kier alpha value is -1.65. The number of Topliss-reactive ketones (excluding diaryl/α,β-unsaturated/α-hetero) is 1. The van der Waals surface area contributed by atoms with Crippen LogP contribution in [0, 0.1) is 0 Å². The van der Waals surface area contributed by atoms with E-state index in [4.69, 9.17) is 4.74 Å². The van der Waals surface area contributed by atoms with Gasteiger partial charge in [0.15, 0.2) is 5.78 Å². The molecule has 1 saturated heterocycles. The van der Waals surface area contributed by atoms with Crippen molar-refractivity contribution < 1.29 is 35.9 Å². The predicted octanol–water partition coefficient (Wildman–Crippen LogP) is 3.51. The summed E-state index contributed by atoms with van der Waals surface area (Å²) in [5.41, 5.74) is 0. The molecular weight excluding hydrogens is 399 g/mol.